The molecule has 0 aliphatic heterocycles. The number of carbonyl (C=O) groups excluding carboxylic acids is 8. The average molecular weight is 903 g/mol. The molecule has 0 amide bonds. The molecule has 66 heavy (non-hydrogen) atoms. The lowest BCUT2D eigenvalue weighted by atomic mass is 9.94. The molecule has 12 heteroatoms. The first-order valence-corrected chi connectivity index (χ1v) is 23.2. The molecule has 0 heterocycles. The van der Waals surface area contributed by atoms with E-state index in [1.54, 1.807) is 13.8 Å². The SMILES string of the molecule is CCCCCCCC(=O)c1ccc(OC(=O)C(C)CC)c(C(=O)c2ccccc2C(=O)OOC(=O)c2ccccc2C(=O)c2cc(C(=O)CCCCCCC)ccc2OC(=O)C(C)CC)c1. The lowest BCUT2D eigenvalue weighted by Crippen LogP contribution is -2.21. The zero-order valence-electron chi connectivity index (χ0n) is 39.0. The highest BCUT2D eigenvalue weighted by Crippen LogP contribution is 2.30. The number of ketones is 4. The van der Waals surface area contributed by atoms with Gasteiger partial charge < -0.3 is 9.47 Å². The third-order valence-corrected chi connectivity index (χ3v) is 11.5. The fraction of sp³-hybridized carbons (Fsp3) is 0.407. The molecular formula is C54H62O12. The molecule has 0 N–H and O–H groups in total. The summed E-state index contributed by atoms with van der Waals surface area (Å²) in [6.07, 6.45) is 10.8. The Balaban J connectivity index is 1.61. The molecule has 4 rings (SSSR count). The van der Waals surface area contributed by atoms with Gasteiger partial charge in [-0.2, -0.15) is 0 Å². The van der Waals surface area contributed by atoms with Crippen LogP contribution in [0.15, 0.2) is 84.9 Å². The third-order valence-electron chi connectivity index (χ3n) is 11.5. The van der Waals surface area contributed by atoms with Gasteiger partial charge in [-0.1, -0.05) is 129 Å². The van der Waals surface area contributed by atoms with Crippen molar-refractivity contribution in [3.8, 4) is 11.5 Å². The highest BCUT2D eigenvalue weighted by molar-refractivity contribution is 6.18. The van der Waals surface area contributed by atoms with Gasteiger partial charge in [0.25, 0.3) is 0 Å². The Morgan fingerprint density at radius 3 is 1.12 bits per heavy atom. The first-order chi connectivity index (χ1) is 31.8. The standard InChI is InChI=1S/C54H62O12/c1-7-11-13-15-17-27-45(55)37-29-31-47(63-51(59)35(5)9-3)43(33-37)49(57)39-23-19-21-25-41(39)53(61)65-66-54(62)42-26-22-20-24-40(42)50(58)44-34-38(46(56)28-18-16-14-12-8-2)30-32-48(44)64-52(60)36(6)10-4/h19-26,29-36H,7-18,27-28H2,1-6H3. The molecule has 0 saturated heterocycles. The molecule has 12 nitrogen and oxygen atoms in total. The second-order valence-electron chi connectivity index (χ2n) is 16.5. The van der Waals surface area contributed by atoms with Crippen molar-refractivity contribution < 1.29 is 57.6 Å². The maximum absolute atomic E-state index is 14.3. The molecule has 0 bridgehead atoms. The molecule has 0 spiro atoms. The van der Waals surface area contributed by atoms with Crippen LogP contribution in [0.25, 0.3) is 0 Å². The molecule has 2 atom stereocenters. The molecule has 0 fully saturated rings. The van der Waals surface area contributed by atoms with Crippen LogP contribution in [0.5, 0.6) is 11.5 Å². The summed E-state index contributed by atoms with van der Waals surface area (Å²) in [5, 5.41) is 0. The predicted octanol–water partition coefficient (Wildman–Crippen LogP) is 12.1. The van der Waals surface area contributed by atoms with E-state index in [0.29, 0.717) is 25.7 Å². The van der Waals surface area contributed by atoms with E-state index in [9.17, 15) is 38.4 Å². The molecule has 0 saturated carbocycles. The highest BCUT2D eigenvalue weighted by atomic mass is 17.2. The van der Waals surface area contributed by atoms with Crippen LogP contribution in [0.4, 0.5) is 0 Å². The van der Waals surface area contributed by atoms with E-state index in [4.69, 9.17) is 19.2 Å². The maximum atomic E-state index is 14.3. The largest absolute Gasteiger partial charge is 0.426 e. The number of ether oxygens (including phenoxy) is 2. The minimum atomic E-state index is -1.24. The zero-order chi connectivity index (χ0) is 48.2. The highest BCUT2D eigenvalue weighted by Gasteiger charge is 2.29. The fourth-order valence-corrected chi connectivity index (χ4v) is 6.93. The van der Waals surface area contributed by atoms with Crippen molar-refractivity contribution in [1.82, 2.24) is 0 Å². The molecule has 0 aliphatic rings. The van der Waals surface area contributed by atoms with Gasteiger partial charge in [0.1, 0.15) is 11.5 Å². The van der Waals surface area contributed by atoms with Gasteiger partial charge >= 0.3 is 23.9 Å². The van der Waals surface area contributed by atoms with Crippen LogP contribution < -0.4 is 9.47 Å². The van der Waals surface area contributed by atoms with E-state index >= 15 is 0 Å². The Kier molecular flexibility index (Phi) is 20.8. The summed E-state index contributed by atoms with van der Waals surface area (Å²) in [6.45, 7) is 11.2. The Hall–Kier alpha value is -6.56. The number of unbranched alkanes of at least 4 members (excludes halogenated alkanes) is 8. The van der Waals surface area contributed by atoms with Crippen LogP contribution in [0.3, 0.4) is 0 Å². The van der Waals surface area contributed by atoms with E-state index in [1.165, 1.54) is 84.9 Å². The van der Waals surface area contributed by atoms with Gasteiger partial charge in [0.05, 0.1) is 34.1 Å². The maximum Gasteiger partial charge on any atom is 0.387 e. The van der Waals surface area contributed by atoms with Crippen LogP contribution in [-0.4, -0.2) is 47.0 Å². The summed E-state index contributed by atoms with van der Waals surface area (Å²) in [5.74, 6) is -6.77. The summed E-state index contributed by atoms with van der Waals surface area (Å²) in [4.78, 5) is 118. The van der Waals surface area contributed by atoms with Crippen molar-refractivity contribution in [1.29, 1.82) is 0 Å². The fourth-order valence-electron chi connectivity index (χ4n) is 6.93. The lowest BCUT2D eigenvalue weighted by Gasteiger charge is -2.15. The summed E-state index contributed by atoms with van der Waals surface area (Å²) < 4.78 is 11.3. The van der Waals surface area contributed by atoms with Crippen LogP contribution >= 0.6 is 0 Å². The molecule has 0 aromatic heterocycles. The van der Waals surface area contributed by atoms with Gasteiger partial charge in [-0.25, -0.2) is 19.4 Å². The number of esters is 2. The van der Waals surface area contributed by atoms with E-state index in [-0.39, 0.29) is 80.4 Å². The van der Waals surface area contributed by atoms with Gasteiger partial charge in [0.2, 0.25) is 0 Å². The third kappa shape index (κ3) is 14.5. The first-order valence-electron chi connectivity index (χ1n) is 23.2. The monoisotopic (exact) mass is 902 g/mol. The van der Waals surface area contributed by atoms with Gasteiger partial charge in [-0.3, -0.25) is 28.8 Å². The Labute approximate surface area is 387 Å². The van der Waals surface area contributed by atoms with Crippen molar-refractivity contribution >= 4 is 47.0 Å². The molecule has 350 valence electrons. The lowest BCUT2D eigenvalue weighted by molar-refractivity contribution is -0.187. The summed E-state index contributed by atoms with van der Waals surface area (Å²) in [5.41, 5.74) is -0.840. The van der Waals surface area contributed by atoms with Crippen molar-refractivity contribution in [2.75, 3.05) is 0 Å². The minimum absolute atomic E-state index is 0.101. The van der Waals surface area contributed by atoms with Crippen LogP contribution in [-0.2, 0) is 19.4 Å². The number of hydrogen-bond donors (Lipinski definition) is 0. The number of Topliss-reactive ketones (excluding diaryl/α,β-unsaturated/α-hetero) is 2. The van der Waals surface area contributed by atoms with E-state index in [1.807, 2.05) is 13.8 Å². The van der Waals surface area contributed by atoms with Gasteiger partial charge in [-0.05, 0) is 74.2 Å². The van der Waals surface area contributed by atoms with E-state index < -0.39 is 47.3 Å². The smallest absolute Gasteiger partial charge is 0.387 e. The molecule has 0 aliphatic carbocycles. The van der Waals surface area contributed by atoms with Gasteiger partial charge in [-0.15, -0.1) is 0 Å². The number of benzene rings is 4. The van der Waals surface area contributed by atoms with Gasteiger partial charge in [0, 0.05) is 35.1 Å². The molecule has 2 unspecified atom stereocenters. The molecule has 0 radical (unpaired) electrons. The Morgan fingerprint density at radius 1 is 0.424 bits per heavy atom. The van der Waals surface area contributed by atoms with Gasteiger partial charge in [0.15, 0.2) is 23.1 Å². The van der Waals surface area contributed by atoms with Crippen molar-refractivity contribution in [3.05, 3.63) is 129 Å². The van der Waals surface area contributed by atoms with Crippen LogP contribution in [0.1, 0.15) is 205 Å². The topological polar surface area (TPSA) is 173 Å². The second kappa shape index (κ2) is 26.4. The van der Waals surface area contributed by atoms with E-state index in [2.05, 4.69) is 13.8 Å². The quantitative estimate of drug-likeness (QED) is 0.0146. The van der Waals surface area contributed by atoms with Crippen molar-refractivity contribution in [2.24, 2.45) is 11.8 Å². The molecule has 4 aromatic rings. The molecule has 4 aromatic carbocycles. The number of rotatable bonds is 26. The molecular weight excluding hydrogens is 841 g/mol. The van der Waals surface area contributed by atoms with Crippen LogP contribution in [0.2, 0.25) is 0 Å². The second-order valence-corrected chi connectivity index (χ2v) is 16.5. The first kappa shape index (κ1) is 52.1. The minimum Gasteiger partial charge on any atom is -0.426 e. The normalized spacial score (nSPS) is 11.8. The Bertz CT molecular complexity index is 2210. The number of hydrogen-bond acceptors (Lipinski definition) is 12. The summed E-state index contributed by atoms with van der Waals surface area (Å²) >= 11 is 0. The zero-order valence-corrected chi connectivity index (χ0v) is 39.0. The van der Waals surface area contributed by atoms with E-state index in [0.717, 1.165) is 51.4 Å². The predicted molar refractivity (Wildman–Crippen MR) is 249 cm³/mol. The summed E-state index contributed by atoms with van der Waals surface area (Å²) in [6, 6.07) is 19.6. The van der Waals surface area contributed by atoms with Crippen molar-refractivity contribution in [2.45, 2.75) is 131 Å². The number of carbonyl (C=O) groups is 8. The average Bonchev–Trinajstić information content (AvgIpc) is 3.34. The summed E-state index contributed by atoms with van der Waals surface area (Å²) in [7, 11) is 0. The Morgan fingerprint density at radius 2 is 0.773 bits per heavy atom. The van der Waals surface area contributed by atoms with Crippen LogP contribution in [0, 0.1) is 11.8 Å². The van der Waals surface area contributed by atoms with Crippen molar-refractivity contribution in [3.63, 3.8) is 0 Å².